The minimum Gasteiger partial charge on any atom is -0.136 e. The summed E-state index contributed by atoms with van der Waals surface area (Å²) in [6, 6.07) is 19.5. The highest BCUT2D eigenvalue weighted by atomic mass is 32.1. The molecule has 0 saturated heterocycles. The van der Waals surface area contributed by atoms with Crippen LogP contribution in [0.25, 0.3) is 21.2 Å². The fraction of sp³-hybridized carbons (Fsp3) is 0.0556. The molecule has 0 N–H and O–H groups in total. The second-order valence-electron chi connectivity index (χ2n) is 4.92. The minimum atomic E-state index is 1.34. The van der Waals surface area contributed by atoms with E-state index in [1.165, 1.54) is 37.2 Å². The van der Waals surface area contributed by atoms with Crippen molar-refractivity contribution in [3.05, 3.63) is 77.0 Å². The van der Waals surface area contributed by atoms with E-state index in [1.807, 2.05) is 11.3 Å². The van der Waals surface area contributed by atoms with Crippen molar-refractivity contribution in [3.8, 4) is 0 Å². The Morgan fingerprint density at radius 3 is 2.53 bits per heavy atom. The molecule has 0 saturated carbocycles. The van der Waals surface area contributed by atoms with Gasteiger partial charge in [0.15, 0.2) is 0 Å². The molecule has 19 heavy (non-hydrogen) atoms. The Morgan fingerprint density at radius 2 is 1.68 bits per heavy atom. The molecule has 0 bridgehead atoms. The van der Waals surface area contributed by atoms with Crippen molar-refractivity contribution in [1.82, 2.24) is 0 Å². The van der Waals surface area contributed by atoms with Gasteiger partial charge in [-0.1, -0.05) is 42.5 Å². The zero-order chi connectivity index (χ0) is 12.8. The second kappa shape index (κ2) is 4.07. The highest BCUT2D eigenvalue weighted by molar-refractivity contribution is 7.20. The molecule has 0 amide bonds. The van der Waals surface area contributed by atoms with Gasteiger partial charge in [-0.25, -0.2) is 0 Å². The molecule has 1 aliphatic carbocycles. The maximum absolute atomic E-state index is 2.31. The summed E-state index contributed by atoms with van der Waals surface area (Å²) in [5, 5.41) is 1.34. The molecule has 0 fully saturated rings. The molecule has 0 spiro atoms. The van der Waals surface area contributed by atoms with E-state index in [1.54, 1.807) is 0 Å². The third-order valence-corrected chi connectivity index (χ3v) is 4.91. The molecule has 0 aliphatic heterocycles. The topological polar surface area (TPSA) is 0 Å². The monoisotopic (exact) mass is 261 g/mol. The van der Waals surface area contributed by atoms with Crippen molar-refractivity contribution in [1.29, 1.82) is 0 Å². The number of thiophene rings is 1. The van der Waals surface area contributed by atoms with Crippen LogP contribution in [0.4, 0.5) is 0 Å². The molecule has 0 atom stereocenters. The van der Waals surface area contributed by atoms with E-state index in [0.717, 1.165) is 0 Å². The zero-order valence-electron chi connectivity index (χ0n) is 10.7. The molecule has 4 rings (SSSR count). The van der Waals surface area contributed by atoms with Crippen molar-refractivity contribution < 1.29 is 0 Å². The SMILES string of the molecule is CC1=C(c2cc3ccccc3s2)[CH]c2ccccc21. The lowest BCUT2D eigenvalue weighted by atomic mass is 10.1. The van der Waals surface area contributed by atoms with Crippen LogP contribution in [0.2, 0.25) is 0 Å². The molecule has 1 aromatic heterocycles. The van der Waals surface area contributed by atoms with Gasteiger partial charge in [0.1, 0.15) is 0 Å². The first kappa shape index (κ1) is 11.0. The fourth-order valence-corrected chi connectivity index (χ4v) is 3.88. The average Bonchev–Trinajstić information content (AvgIpc) is 3.00. The smallest absolute Gasteiger partial charge is 0.0349 e. The van der Waals surface area contributed by atoms with Crippen molar-refractivity contribution in [2.75, 3.05) is 0 Å². The summed E-state index contributed by atoms with van der Waals surface area (Å²) in [6.07, 6.45) is 2.31. The lowest BCUT2D eigenvalue weighted by Gasteiger charge is -1.99. The van der Waals surface area contributed by atoms with Crippen LogP contribution in [-0.4, -0.2) is 0 Å². The Kier molecular flexibility index (Phi) is 2.36. The lowest BCUT2D eigenvalue weighted by molar-refractivity contribution is 1.53. The lowest BCUT2D eigenvalue weighted by Crippen LogP contribution is -1.78. The molecule has 1 aliphatic rings. The summed E-state index contributed by atoms with van der Waals surface area (Å²) in [5.41, 5.74) is 5.48. The summed E-state index contributed by atoms with van der Waals surface area (Å²) in [4.78, 5) is 1.37. The largest absolute Gasteiger partial charge is 0.136 e. The van der Waals surface area contributed by atoms with Crippen LogP contribution in [0.1, 0.15) is 22.9 Å². The predicted octanol–water partition coefficient (Wildman–Crippen LogP) is 5.40. The first-order valence-electron chi connectivity index (χ1n) is 6.47. The molecule has 3 aromatic rings. The maximum Gasteiger partial charge on any atom is 0.0349 e. The minimum absolute atomic E-state index is 1.34. The van der Waals surface area contributed by atoms with Gasteiger partial charge in [-0.2, -0.15) is 0 Å². The molecule has 0 nitrogen and oxygen atoms in total. The van der Waals surface area contributed by atoms with Crippen molar-refractivity contribution in [3.63, 3.8) is 0 Å². The molecule has 1 heteroatoms. The summed E-state index contributed by atoms with van der Waals surface area (Å²) in [5.74, 6) is 0. The van der Waals surface area contributed by atoms with Gasteiger partial charge in [-0.3, -0.25) is 0 Å². The van der Waals surface area contributed by atoms with E-state index in [2.05, 4.69) is 67.9 Å². The molecule has 91 valence electrons. The van der Waals surface area contributed by atoms with Gasteiger partial charge in [0.25, 0.3) is 0 Å². The maximum atomic E-state index is 2.31. The Balaban J connectivity index is 1.88. The van der Waals surface area contributed by atoms with E-state index in [0.29, 0.717) is 0 Å². The number of hydrogen-bond acceptors (Lipinski definition) is 1. The van der Waals surface area contributed by atoms with Gasteiger partial charge in [0.2, 0.25) is 0 Å². The zero-order valence-corrected chi connectivity index (χ0v) is 11.5. The highest BCUT2D eigenvalue weighted by Gasteiger charge is 2.20. The van der Waals surface area contributed by atoms with Crippen LogP contribution in [0, 0.1) is 6.42 Å². The summed E-state index contributed by atoms with van der Waals surface area (Å²) >= 11 is 1.88. The molecule has 1 radical (unpaired) electrons. The normalized spacial score (nSPS) is 14.2. The van der Waals surface area contributed by atoms with Gasteiger partial charge >= 0.3 is 0 Å². The molecule has 1 heterocycles. The Morgan fingerprint density at radius 1 is 0.895 bits per heavy atom. The van der Waals surface area contributed by atoms with E-state index < -0.39 is 0 Å². The van der Waals surface area contributed by atoms with Gasteiger partial charge in [0.05, 0.1) is 0 Å². The standard InChI is InChI=1S/C18H13S/c1-12-15-8-4-2-6-13(15)10-16(12)18-11-14-7-3-5-9-17(14)19-18/h2-11H,1H3. The Hall–Kier alpha value is -1.86. The second-order valence-corrected chi connectivity index (χ2v) is 6.00. The first-order valence-corrected chi connectivity index (χ1v) is 7.28. The van der Waals surface area contributed by atoms with Crippen LogP contribution in [0.3, 0.4) is 0 Å². The third-order valence-electron chi connectivity index (χ3n) is 3.76. The van der Waals surface area contributed by atoms with Gasteiger partial charge < -0.3 is 0 Å². The van der Waals surface area contributed by atoms with Crippen molar-refractivity contribution >= 4 is 32.6 Å². The molecular formula is C18H13S. The average molecular weight is 261 g/mol. The van der Waals surface area contributed by atoms with Crippen LogP contribution in [0.5, 0.6) is 0 Å². The van der Waals surface area contributed by atoms with Crippen LogP contribution in [0.15, 0.2) is 54.6 Å². The molecular weight excluding hydrogens is 248 g/mol. The van der Waals surface area contributed by atoms with E-state index >= 15 is 0 Å². The van der Waals surface area contributed by atoms with Crippen molar-refractivity contribution in [2.45, 2.75) is 6.92 Å². The summed E-state index contributed by atoms with van der Waals surface area (Å²) < 4.78 is 1.36. The number of rotatable bonds is 1. The van der Waals surface area contributed by atoms with E-state index in [-0.39, 0.29) is 0 Å². The van der Waals surface area contributed by atoms with Gasteiger partial charge in [0, 0.05) is 16.0 Å². The van der Waals surface area contributed by atoms with E-state index in [4.69, 9.17) is 0 Å². The predicted molar refractivity (Wildman–Crippen MR) is 84.2 cm³/mol. The van der Waals surface area contributed by atoms with Crippen LogP contribution in [-0.2, 0) is 0 Å². The highest BCUT2D eigenvalue weighted by Crippen LogP contribution is 2.42. The third kappa shape index (κ3) is 1.66. The number of fused-ring (bicyclic) bond motifs is 2. The summed E-state index contributed by atoms with van der Waals surface area (Å²) in [7, 11) is 0. The number of allylic oxidation sites excluding steroid dienone is 2. The Labute approximate surface area is 117 Å². The number of benzene rings is 2. The molecule has 0 unspecified atom stereocenters. The van der Waals surface area contributed by atoms with Gasteiger partial charge in [-0.15, -0.1) is 11.3 Å². The Bertz CT molecular complexity index is 772. The molecule has 2 aromatic carbocycles. The van der Waals surface area contributed by atoms with Crippen molar-refractivity contribution in [2.24, 2.45) is 0 Å². The summed E-state index contributed by atoms with van der Waals surface area (Å²) in [6.45, 7) is 2.22. The van der Waals surface area contributed by atoms with Crippen LogP contribution >= 0.6 is 11.3 Å². The number of hydrogen-bond donors (Lipinski definition) is 0. The first-order chi connectivity index (χ1) is 9.33. The van der Waals surface area contributed by atoms with E-state index in [9.17, 15) is 0 Å². The quantitative estimate of drug-likeness (QED) is 0.550. The van der Waals surface area contributed by atoms with Crippen LogP contribution < -0.4 is 0 Å². The fourth-order valence-electron chi connectivity index (χ4n) is 2.74. The van der Waals surface area contributed by atoms with Gasteiger partial charge in [-0.05, 0) is 46.7 Å².